The van der Waals surface area contributed by atoms with Crippen molar-refractivity contribution in [3.05, 3.63) is 79.9 Å². The molecule has 0 bridgehead atoms. The van der Waals surface area contributed by atoms with Crippen molar-refractivity contribution in [2.75, 3.05) is 4.90 Å². The lowest BCUT2D eigenvalue weighted by molar-refractivity contribution is -0.123. The van der Waals surface area contributed by atoms with Gasteiger partial charge in [0.25, 0.3) is 0 Å². The van der Waals surface area contributed by atoms with Crippen LogP contribution in [0.1, 0.15) is 6.42 Å². The van der Waals surface area contributed by atoms with Crippen LogP contribution in [0.2, 0.25) is 0 Å². The smallest absolute Gasteiger partial charge is 0.238 e. The van der Waals surface area contributed by atoms with Crippen molar-refractivity contribution < 1.29 is 9.59 Å². The fraction of sp³-hybridized carbons (Fsp3) is 0.217. The molecule has 3 heteroatoms. The van der Waals surface area contributed by atoms with Crippen molar-refractivity contribution in [2.45, 2.75) is 6.42 Å². The van der Waals surface area contributed by atoms with E-state index in [0.29, 0.717) is 5.69 Å². The standard InChI is InChI=1S/C23H21NO2/c1-3-15-14-16(4-2)21-20(15)22(25)24(23(21)26)19-12-10-18(11-13-19)17-8-6-5-7-9-17/h3-13,15-16,20-21H,1-2,14H2. The molecule has 4 atom stereocenters. The minimum Gasteiger partial charge on any atom is -0.274 e. The highest BCUT2D eigenvalue weighted by molar-refractivity contribution is 6.22. The van der Waals surface area contributed by atoms with Crippen molar-refractivity contribution in [1.82, 2.24) is 0 Å². The van der Waals surface area contributed by atoms with Gasteiger partial charge in [-0.3, -0.25) is 14.5 Å². The van der Waals surface area contributed by atoms with E-state index in [1.165, 1.54) is 4.90 Å². The SMILES string of the molecule is C=CC1CC(C=C)C2C(=O)N(c3ccc(-c4ccccc4)cc3)C(=O)C12. The summed E-state index contributed by atoms with van der Waals surface area (Å²) >= 11 is 0. The van der Waals surface area contributed by atoms with Crippen LogP contribution in [0.5, 0.6) is 0 Å². The van der Waals surface area contributed by atoms with Gasteiger partial charge in [0.2, 0.25) is 11.8 Å². The molecule has 1 aliphatic heterocycles. The minimum absolute atomic E-state index is 0.0352. The number of nitrogens with zero attached hydrogens (tertiary/aromatic N) is 1. The van der Waals surface area contributed by atoms with Crippen LogP contribution in [0.4, 0.5) is 5.69 Å². The largest absolute Gasteiger partial charge is 0.274 e. The number of anilines is 1. The Balaban J connectivity index is 1.66. The normalized spacial score (nSPS) is 27.5. The van der Waals surface area contributed by atoms with Gasteiger partial charge in [0.05, 0.1) is 17.5 Å². The quantitative estimate of drug-likeness (QED) is 0.607. The number of carbonyl (C=O) groups is 2. The summed E-state index contributed by atoms with van der Waals surface area (Å²) in [7, 11) is 0. The van der Waals surface area contributed by atoms with Crippen LogP contribution in [0.3, 0.4) is 0 Å². The molecule has 4 rings (SSSR count). The first-order chi connectivity index (χ1) is 12.7. The van der Waals surface area contributed by atoms with E-state index in [1.807, 2.05) is 66.7 Å². The van der Waals surface area contributed by atoms with E-state index in [9.17, 15) is 9.59 Å². The Labute approximate surface area is 153 Å². The summed E-state index contributed by atoms with van der Waals surface area (Å²) < 4.78 is 0. The Morgan fingerprint density at radius 2 is 1.27 bits per heavy atom. The summed E-state index contributed by atoms with van der Waals surface area (Å²) in [6.07, 6.45) is 4.41. The molecule has 1 saturated heterocycles. The molecule has 1 aliphatic carbocycles. The molecule has 2 fully saturated rings. The molecule has 3 nitrogen and oxygen atoms in total. The lowest BCUT2D eigenvalue weighted by Gasteiger charge is -2.19. The minimum atomic E-state index is -0.309. The fourth-order valence-corrected chi connectivity index (χ4v) is 4.39. The van der Waals surface area contributed by atoms with Gasteiger partial charge < -0.3 is 0 Å². The predicted molar refractivity (Wildman–Crippen MR) is 103 cm³/mol. The molecule has 2 amide bonds. The molecule has 4 unspecified atom stereocenters. The van der Waals surface area contributed by atoms with Crippen LogP contribution in [-0.4, -0.2) is 11.8 Å². The number of allylic oxidation sites excluding steroid dienone is 2. The maximum absolute atomic E-state index is 13.0. The summed E-state index contributed by atoms with van der Waals surface area (Å²) in [5, 5.41) is 0. The Bertz CT molecular complexity index is 837. The highest BCUT2D eigenvalue weighted by Crippen LogP contribution is 2.49. The first-order valence-electron chi connectivity index (χ1n) is 8.94. The topological polar surface area (TPSA) is 37.4 Å². The molecule has 2 aliphatic rings. The average Bonchev–Trinajstić information content (AvgIpc) is 3.19. The van der Waals surface area contributed by atoms with Crippen LogP contribution >= 0.6 is 0 Å². The van der Waals surface area contributed by atoms with Gasteiger partial charge in [-0.25, -0.2) is 0 Å². The summed E-state index contributed by atoms with van der Waals surface area (Å²) in [6, 6.07) is 17.6. The van der Waals surface area contributed by atoms with Gasteiger partial charge in [-0.1, -0.05) is 54.6 Å². The molecule has 0 radical (unpaired) electrons. The summed E-state index contributed by atoms with van der Waals surface area (Å²) in [4.78, 5) is 27.4. The molecule has 2 aromatic carbocycles. The van der Waals surface area contributed by atoms with Crippen molar-refractivity contribution in [1.29, 1.82) is 0 Å². The van der Waals surface area contributed by atoms with Gasteiger partial charge in [0.15, 0.2) is 0 Å². The second-order valence-electron chi connectivity index (χ2n) is 7.01. The Morgan fingerprint density at radius 3 is 1.77 bits per heavy atom. The number of fused-ring (bicyclic) bond motifs is 1. The van der Waals surface area contributed by atoms with Crippen molar-refractivity contribution in [2.24, 2.45) is 23.7 Å². The first-order valence-corrected chi connectivity index (χ1v) is 8.94. The lowest BCUT2D eigenvalue weighted by atomic mass is 9.89. The Hall–Kier alpha value is -2.94. The number of hydrogen-bond acceptors (Lipinski definition) is 2. The number of imide groups is 1. The number of rotatable bonds is 4. The van der Waals surface area contributed by atoms with Crippen molar-refractivity contribution in [3.8, 4) is 11.1 Å². The van der Waals surface area contributed by atoms with Gasteiger partial charge in [0.1, 0.15) is 0 Å². The van der Waals surface area contributed by atoms with E-state index >= 15 is 0 Å². The molecule has 0 aromatic heterocycles. The number of benzene rings is 2. The highest BCUT2D eigenvalue weighted by Gasteiger charge is 2.57. The number of carbonyl (C=O) groups excluding carboxylic acids is 2. The second-order valence-corrected chi connectivity index (χ2v) is 7.01. The van der Waals surface area contributed by atoms with E-state index in [4.69, 9.17) is 0 Å². The van der Waals surface area contributed by atoms with E-state index in [0.717, 1.165) is 17.5 Å². The third-order valence-corrected chi connectivity index (χ3v) is 5.70. The van der Waals surface area contributed by atoms with Crippen LogP contribution in [0, 0.1) is 23.7 Å². The molecule has 0 spiro atoms. The molecule has 130 valence electrons. The van der Waals surface area contributed by atoms with Crippen LogP contribution in [0.25, 0.3) is 11.1 Å². The lowest BCUT2D eigenvalue weighted by Crippen LogP contribution is -2.33. The van der Waals surface area contributed by atoms with Gasteiger partial charge in [-0.15, -0.1) is 13.2 Å². The third kappa shape index (κ3) is 2.43. The first kappa shape index (κ1) is 16.5. The number of amides is 2. The Morgan fingerprint density at radius 1 is 0.769 bits per heavy atom. The summed E-state index contributed by atoms with van der Waals surface area (Å²) in [5.41, 5.74) is 2.80. The predicted octanol–water partition coefficient (Wildman–Crippen LogP) is 4.47. The third-order valence-electron chi connectivity index (χ3n) is 5.70. The number of hydrogen-bond donors (Lipinski definition) is 0. The van der Waals surface area contributed by atoms with Gasteiger partial charge >= 0.3 is 0 Å². The van der Waals surface area contributed by atoms with Crippen LogP contribution in [0.15, 0.2) is 79.9 Å². The molecular formula is C23H21NO2. The van der Waals surface area contributed by atoms with Gasteiger partial charge in [0, 0.05) is 0 Å². The summed E-state index contributed by atoms with van der Waals surface area (Å²) in [5.74, 6) is -0.766. The molecule has 1 heterocycles. The zero-order valence-electron chi connectivity index (χ0n) is 14.5. The molecule has 2 aromatic rings. The van der Waals surface area contributed by atoms with Crippen LogP contribution in [-0.2, 0) is 9.59 Å². The van der Waals surface area contributed by atoms with Crippen molar-refractivity contribution >= 4 is 17.5 Å². The molecule has 26 heavy (non-hydrogen) atoms. The molecular weight excluding hydrogens is 322 g/mol. The second kappa shape index (κ2) is 6.41. The zero-order chi connectivity index (χ0) is 18.3. The maximum Gasteiger partial charge on any atom is 0.238 e. The van der Waals surface area contributed by atoms with E-state index in [-0.39, 0.29) is 35.5 Å². The summed E-state index contributed by atoms with van der Waals surface area (Å²) in [6.45, 7) is 7.72. The van der Waals surface area contributed by atoms with Crippen LogP contribution < -0.4 is 4.90 Å². The van der Waals surface area contributed by atoms with Crippen molar-refractivity contribution in [3.63, 3.8) is 0 Å². The fourth-order valence-electron chi connectivity index (χ4n) is 4.39. The molecule has 1 saturated carbocycles. The zero-order valence-corrected chi connectivity index (χ0v) is 14.5. The molecule has 0 N–H and O–H groups in total. The van der Waals surface area contributed by atoms with E-state index in [1.54, 1.807) is 0 Å². The Kier molecular flexibility index (Phi) is 4.08. The van der Waals surface area contributed by atoms with Gasteiger partial charge in [-0.2, -0.15) is 0 Å². The average molecular weight is 343 g/mol. The maximum atomic E-state index is 13.0. The van der Waals surface area contributed by atoms with Gasteiger partial charge in [-0.05, 0) is 41.5 Å². The van der Waals surface area contributed by atoms with E-state index < -0.39 is 0 Å². The van der Waals surface area contributed by atoms with E-state index in [2.05, 4.69) is 13.2 Å². The monoisotopic (exact) mass is 343 g/mol. The highest BCUT2D eigenvalue weighted by atomic mass is 16.2.